The fourth-order valence-corrected chi connectivity index (χ4v) is 1.24. The van der Waals surface area contributed by atoms with Gasteiger partial charge in [0.25, 0.3) is 0 Å². The van der Waals surface area contributed by atoms with E-state index in [1.807, 2.05) is 0 Å². The van der Waals surface area contributed by atoms with Gasteiger partial charge in [-0.25, -0.2) is 9.37 Å². The third-order valence-electron chi connectivity index (χ3n) is 1.93. The Morgan fingerprint density at radius 2 is 2.14 bits per heavy atom. The van der Waals surface area contributed by atoms with Crippen molar-refractivity contribution >= 4 is 0 Å². The molecule has 1 aromatic carbocycles. The predicted molar refractivity (Wildman–Crippen MR) is 49.4 cm³/mol. The monoisotopic (exact) mass is 192 g/mol. The van der Waals surface area contributed by atoms with Gasteiger partial charge in [0, 0.05) is 6.20 Å². The summed E-state index contributed by atoms with van der Waals surface area (Å²) in [6.07, 6.45) is 3.07. The van der Waals surface area contributed by atoms with E-state index in [2.05, 4.69) is 4.98 Å². The zero-order valence-electron chi connectivity index (χ0n) is 7.39. The minimum atomic E-state index is -0.311. The molecule has 72 valence electrons. The van der Waals surface area contributed by atoms with E-state index in [9.17, 15) is 4.39 Å². The maximum Gasteiger partial charge on any atom is 0.147 e. The number of hydrogen-bond donors (Lipinski definition) is 1. The van der Waals surface area contributed by atoms with Crippen molar-refractivity contribution in [2.24, 2.45) is 0 Å². The Morgan fingerprint density at radius 1 is 1.36 bits per heavy atom. The average Bonchev–Trinajstić information content (AvgIpc) is 2.67. The first-order valence-corrected chi connectivity index (χ1v) is 4.20. The molecule has 0 aliphatic heterocycles. The van der Waals surface area contributed by atoms with Crippen molar-refractivity contribution in [1.29, 1.82) is 0 Å². The second-order valence-corrected chi connectivity index (χ2v) is 2.88. The van der Waals surface area contributed by atoms with Crippen LogP contribution in [0.1, 0.15) is 5.69 Å². The number of aliphatic hydroxyl groups excluding tert-OH is 1. The third-order valence-corrected chi connectivity index (χ3v) is 1.93. The van der Waals surface area contributed by atoms with E-state index in [-0.39, 0.29) is 12.4 Å². The van der Waals surface area contributed by atoms with Gasteiger partial charge in [-0.3, -0.25) is 0 Å². The molecular weight excluding hydrogens is 183 g/mol. The number of aliphatic hydroxyl groups is 1. The molecule has 0 fully saturated rings. The lowest BCUT2D eigenvalue weighted by atomic mass is 10.3. The minimum Gasteiger partial charge on any atom is -0.390 e. The standard InChI is InChI=1S/C10H9FN2O/c11-9-3-1-2-4-10(9)13-5-8(6-14)12-7-13/h1-5,7,14H,6H2. The second kappa shape index (κ2) is 3.59. The smallest absolute Gasteiger partial charge is 0.147 e. The van der Waals surface area contributed by atoms with E-state index in [0.29, 0.717) is 11.4 Å². The van der Waals surface area contributed by atoms with E-state index in [1.54, 1.807) is 29.0 Å². The first-order chi connectivity index (χ1) is 6.81. The summed E-state index contributed by atoms with van der Waals surface area (Å²) in [4.78, 5) is 3.90. The van der Waals surface area contributed by atoms with Crippen molar-refractivity contribution < 1.29 is 9.50 Å². The Morgan fingerprint density at radius 3 is 2.79 bits per heavy atom. The quantitative estimate of drug-likeness (QED) is 0.783. The maximum absolute atomic E-state index is 13.3. The zero-order chi connectivity index (χ0) is 9.97. The number of para-hydroxylation sites is 1. The molecular formula is C10H9FN2O. The number of hydrogen-bond acceptors (Lipinski definition) is 2. The van der Waals surface area contributed by atoms with Gasteiger partial charge < -0.3 is 9.67 Å². The highest BCUT2D eigenvalue weighted by Crippen LogP contribution is 2.12. The Bertz CT molecular complexity index is 439. The molecule has 4 heteroatoms. The maximum atomic E-state index is 13.3. The molecule has 1 N–H and O–H groups in total. The molecule has 0 amide bonds. The van der Waals surface area contributed by atoms with Crippen LogP contribution in [-0.2, 0) is 6.61 Å². The van der Waals surface area contributed by atoms with Crippen LogP contribution in [-0.4, -0.2) is 14.7 Å². The molecule has 1 aromatic heterocycles. The summed E-state index contributed by atoms with van der Waals surface area (Å²) in [5, 5.41) is 8.80. The van der Waals surface area contributed by atoms with Gasteiger partial charge in [-0.1, -0.05) is 12.1 Å². The minimum absolute atomic E-state index is 0.137. The Labute approximate surface area is 80.5 Å². The SMILES string of the molecule is OCc1cn(-c2ccccc2F)cn1. The molecule has 2 rings (SSSR count). The first kappa shape index (κ1) is 8.90. The van der Waals surface area contributed by atoms with Crippen molar-refractivity contribution in [2.75, 3.05) is 0 Å². The highest BCUT2D eigenvalue weighted by molar-refractivity contribution is 5.33. The van der Waals surface area contributed by atoms with Crippen molar-refractivity contribution in [3.63, 3.8) is 0 Å². The number of benzene rings is 1. The van der Waals surface area contributed by atoms with Crippen molar-refractivity contribution in [2.45, 2.75) is 6.61 Å². The zero-order valence-corrected chi connectivity index (χ0v) is 7.39. The topological polar surface area (TPSA) is 38.0 Å². The predicted octanol–water partition coefficient (Wildman–Crippen LogP) is 1.50. The summed E-state index contributed by atoms with van der Waals surface area (Å²) in [5.74, 6) is -0.311. The number of nitrogens with zero attached hydrogens (tertiary/aromatic N) is 2. The molecule has 0 radical (unpaired) electrons. The van der Waals surface area contributed by atoms with Crippen LogP contribution in [0.5, 0.6) is 0 Å². The van der Waals surface area contributed by atoms with Gasteiger partial charge in [0.15, 0.2) is 0 Å². The van der Waals surface area contributed by atoms with Crippen LogP contribution < -0.4 is 0 Å². The first-order valence-electron chi connectivity index (χ1n) is 4.20. The van der Waals surface area contributed by atoms with E-state index in [0.717, 1.165) is 0 Å². The number of aromatic nitrogens is 2. The van der Waals surface area contributed by atoms with E-state index < -0.39 is 0 Å². The van der Waals surface area contributed by atoms with Crippen LogP contribution in [0.4, 0.5) is 4.39 Å². The molecule has 0 spiro atoms. The molecule has 0 atom stereocenters. The van der Waals surface area contributed by atoms with Crippen molar-refractivity contribution in [3.05, 3.63) is 48.3 Å². The number of rotatable bonds is 2. The molecule has 0 unspecified atom stereocenters. The highest BCUT2D eigenvalue weighted by Gasteiger charge is 2.03. The molecule has 0 aliphatic rings. The van der Waals surface area contributed by atoms with Crippen LogP contribution >= 0.6 is 0 Å². The van der Waals surface area contributed by atoms with Gasteiger partial charge in [0.05, 0.1) is 24.3 Å². The van der Waals surface area contributed by atoms with E-state index >= 15 is 0 Å². The Hall–Kier alpha value is -1.68. The van der Waals surface area contributed by atoms with Gasteiger partial charge in [-0.2, -0.15) is 0 Å². The molecule has 3 nitrogen and oxygen atoms in total. The van der Waals surface area contributed by atoms with Gasteiger partial charge in [-0.15, -0.1) is 0 Å². The summed E-state index contributed by atoms with van der Waals surface area (Å²) in [5.41, 5.74) is 0.952. The molecule has 1 heterocycles. The lowest BCUT2D eigenvalue weighted by Crippen LogP contribution is -1.93. The van der Waals surface area contributed by atoms with Gasteiger partial charge in [-0.05, 0) is 12.1 Å². The molecule has 0 saturated heterocycles. The van der Waals surface area contributed by atoms with Crippen molar-refractivity contribution in [1.82, 2.24) is 9.55 Å². The molecule has 0 bridgehead atoms. The Kier molecular flexibility index (Phi) is 2.28. The summed E-state index contributed by atoms with van der Waals surface area (Å²) in [6, 6.07) is 6.41. The second-order valence-electron chi connectivity index (χ2n) is 2.88. The molecule has 2 aromatic rings. The van der Waals surface area contributed by atoms with Crippen LogP contribution in [0.2, 0.25) is 0 Å². The molecule has 0 saturated carbocycles. The molecule has 0 aliphatic carbocycles. The fraction of sp³-hybridized carbons (Fsp3) is 0.100. The summed E-state index contributed by atoms with van der Waals surface area (Å²) < 4.78 is 14.8. The van der Waals surface area contributed by atoms with Gasteiger partial charge >= 0.3 is 0 Å². The summed E-state index contributed by atoms with van der Waals surface area (Å²) >= 11 is 0. The summed E-state index contributed by atoms with van der Waals surface area (Å²) in [7, 11) is 0. The van der Waals surface area contributed by atoms with Crippen LogP contribution in [0.25, 0.3) is 5.69 Å². The van der Waals surface area contributed by atoms with E-state index in [1.165, 1.54) is 12.4 Å². The van der Waals surface area contributed by atoms with Crippen molar-refractivity contribution in [3.8, 4) is 5.69 Å². The van der Waals surface area contributed by atoms with E-state index in [4.69, 9.17) is 5.11 Å². The Balaban J connectivity index is 2.44. The van der Waals surface area contributed by atoms with Crippen LogP contribution in [0.3, 0.4) is 0 Å². The lowest BCUT2D eigenvalue weighted by Gasteiger charge is -2.01. The normalized spacial score (nSPS) is 10.4. The summed E-state index contributed by atoms with van der Waals surface area (Å²) in [6.45, 7) is -0.137. The van der Waals surface area contributed by atoms with Crippen LogP contribution in [0.15, 0.2) is 36.8 Å². The fourth-order valence-electron chi connectivity index (χ4n) is 1.24. The van der Waals surface area contributed by atoms with Gasteiger partial charge in [0.2, 0.25) is 0 Å². The third kappa shape index (κ3) is 1.52. The van der Waals surface area contributed by atoms with Crippen LogP contribution in [0, 0.1) is 5.82 Å². The molecule has 14 heavy (non-hydrogen) atoms. The lowest BCUT2D eigenvalue weighted by molar-refractivity contribution is 0.277. The largest absolute Gasteiger partial charge is 0.390 e. The number of imidazole rings is 1. The van der Waals surface area contributed by atoms with Gasteiger partial charge in [0.1, 0.15) is 5.82 Å². The highest BCUT2D eigenvalue weighted by atomic mass is 19.1. The number of halogens is 1. The average molecular weight is 192 g/mol.